The molecule has 1 aromatic heterocycles. The zero-order chi connectivity index (χ0) is 14.5. The van der Waals surface area contributed by atoms with Gasteiger partial charge in [-0.2, -0.15) is 0 Å². The largest absolute Gasteiger partial charge is 0.368 e. The molecule has 2 N–H and O–H groups in total. The molecule has 1 aromatic rings. The van der Waals surface area contributed by atoms with Gasteiger partial charge in [-0.25, -0.2) is 0 Å². The molecule has 2 rings (SSSR count). The normalized spacial score (nSPS) is 13.7. The van der Waals surface area contributed by atoms with Crippen LogP contribution in [0.2, 0.25) is 0 Å². The Balaban J connectivity index is 1.75. The Hall–Kier alpha value is -2.18. The van der Waals surface area contributed by atoms with Crippen molar-refractivity contribution in [1.82, 2.24) is 20.4 Å². The highest BCUT2D eigenvalue weighted by Crippen LogP contribution is 2.18. The van der Waals surface area contributed by atoms with Gasteiger partial charge in [-0.05, 0) is 25.0 Å². The zero-order valence-electron chi connectivity index (χ0n) is 11.7. The Morgan fingerprint density at radius 2 is 2.05 bits per heavy atom. The van der Waals surface area contributed by atoms with E-state index in [1.54, 1.807) is 26.2 Å². The summed E-state index contributed by atoms with van der Waals surface area (Å²) in [5.74, 6) is 0.416. The van der Waals surface area contributed by atoms with E-state index in [-0.39, 0.29) is 11.8 Å². The second-order valence-electron chi connectivity index (χ2n) is 5.02. The molecule has 0 bridgehead atoms. The van der Waals surface area contributed by atoms with Gasteiger partial charge in [0.25, 0.3) is 5.91 Å². The van der Waals surface area contributed by atoms with Crippen LogP contribution in [0.4, 0.5) is 5.82 Å². The number of anilines is 1. The predicted molar refractivity (Wildman–Crippen MR) is 74.3 cm³/mol. The van der Waals surface area contributed by atoms with E-state index in [0.717, 1.165) is 12.8 Å². The third kappa shape index (κ3) is 4.18. The van der Waals surface area contributed by atoms with Crippen LogP contribution in [0.1, 0.15) is 29.8 Å². The van der Waals surface area contributed by atoms with Crippen LogP contribution < -0.4 is 10.6 Å². The van der Waals surface area contributed by atoms with Crippen molar-refractivity contribution in [1.29, 1.82) is 0 Å². The first-order valence-corrected chi connectivity index (χ1v) is 6.65. The van der Waals surface area contributed by atoms with Crippen LogP contribution in [0.15, 0.2) is 12.1 Å². The Labute approximate surface area is 117 Å². The summed E-state index contributed by atoms with van der Waals surface area (Å²) >= 11 is 0. The van der Waals surface area contributed by atoms with Gasteiger partial charge in [-0.3, -0.25) is 9.59 Å². The average molecular weight is 277 g/mol. The van der Waals surface area contributed by atoms with Gasteiger partial charge in [-0.1, -0.05) is 0 Å². The third-order valence-electron chi connectivity index (χ3n) is 2.89. The Morgan fingerprint density at radius 3 is 2.60 bits per heavy atom. The number of carbonyl (C=O) groups excluding carboxylic acids is 2. The van der Waals surface area contributed by atoms with Gasteiger partial charge in [0.2, 0.25) is 5.91 Å². The van der Waals surface area contributed by atoms with Crippen molar-refractivity contribution in [3.8, 4) is 0 Å². The van der Waals surface area contributed by atoms with Crippen molar-refractivity contribution in [2.45, 2.75) is 25.3 Å². The molecule has 0 saturated heterocycles. The summed E-state index contributed by atoms with van der Waals surface area (Å²) < 4.78 is 0. The molecule has 1 fully saturated rings. The lowest BCUT2D eigenvalue weighted by Crippen LogP contribution is -2.27. The molecule has 0 unspecified atom stereocenters. The summed E-state index contributed by atoms with van der Waals surface area (Å²) in [6, 6.07) is 3.68. The van der Waals surface area contributed by atoms with Gasteiger partial charge >= 0.3 is 0 Å². The van der Waals surface area contributed by atoms with Crippen molar-refractivity contribution in [2.75, 3.05) is 26.0 Å². The Bertz CT molecular complexity index is 482. The number of aromatic nitrogens is 2. The number of amides is 2. The molecule has 0 radical (unpaired) electrons. The van der Waals surface area contributed by atoms with Gasteiger partial charge in [0.15, 0.2) is 5.69 Å². The van der Waals surface area contributed by atoms with Crippen LogP contribution in [0, 0.1) is 0 Å². The second-order valence-corrected chi connectivity index (χ2v) is 5.02. The van der Waals surface area contributed by atoms with Gasteiger partial charge in [0.1, 0.15) is 5.82 Å². The highest BCUT2D eigenvalue weighted by molar-refractivity contribution is 5.91. The maximum atomic E-state index is 11.6. The molecule has 20 heavy (non-hydrogen) atoms. The lowest BCUT2D eigenvalue weighted by Gasteiger charge is -2.09. The molecule has 108 valence electrons. The Kier molecular flexibility index (Phi) is 4.49. The summed E-state index contributed by atoms with van der Waals surface area (Å²) in [6.07, 6.45) is 2.58. The monoisotopic (exact) mass is 277 g/mol. The van der Waals surface area contributed by atoms with E-state index < -0.39 is 0 Å². The van der Waals surface area contributed by atoms with Crippen LogP contribution >= 0.6 is 0 Å². The summed E-state index contributed by atoms with van der Waals surface area (Å²) in [7, 11) is 3.32. The predicted octanol–water partition coefficient (Wildman–Crippen LogP) is 0.259. The molecule has 7 heteroatoms. The van der Waals surface area contributed by atoms with Crippen molar-refractivity contribution in [3.63, 3.8) is 0 Å². The molecule has 1 heterocycles. The molecule has 7 nitrogen and oxygen atoms in total. The minimum absolute atomic E-state index is 0.0485. The number of hydrogen-bond donors (Lipinski definition) is 2. The van der Waals surface area contributed by atoms with Crippen LogP contribution in [0.3, 0.4) is 0 Å². The number of rotatable bonds is 6. The smallest absolute Gasteiger partial charge is 0.273 e. The van der Waals surface area contributed by atoms with Crippen LogP contribution in [-0.4, -0.2) is 53.6 Å². The maximum absolute atomic E-state index is 11.6. The van der Waals surface area contributed by atoms with E-state index in [4.69, 9.17) is 0 Å². The number of carbonyl (C=O) groups is 2. The fourth-order valence-corrected chi connectivity index (χ4v) is 1.60. The topological polar surface area (TPSA) is 87.2 Å². The van der Waals surface area contributed by atoms with E-state index >= 15 is 0 Å². The fraction of sp³-hybridized carbons (Fsp3) is 0.538. The lowest BCUT2D eigenvalue weighted by molar-refractivity contribution is -0.120. The molecule has 0 aliphatic heterocycles. The van der Waals surface area contributed by atoms with Gasteiger partial charge in [-0.15, -0.1) is 10.2 Å². The summed E-state index contributed by atoms with van der Waals surface area (Å²) in [5.41, 5.74) is 0.298. The van der Waals surface area contributed by atoms with Crippen molar-refractivity contribution < 1.29 is 9.59 Å². The molecular weight excluding hydrogens is 258 g/mol. The summed E-state index contributed by atoms with van der Waals surface area (Å²) in [4.78, 5) is 24.5. The zero-order valence-corrected chi connectivity index (χ0v) is 11.7. The van der Waals surface area contributed by atoms with Crippen LogP contribution in [0.25, 0.3) is 0 Å². The minimum atomic E-state index is -0.187. The third-order valence-corrected chi connectivity index (χ3v) is 2.89. The first kappa shape index (κ1) is 14.2. The van der Waals surface area contributed by atoms with Gasteiger partial charge < -0.3 is 15.5 Å². The van der Waals surface area contributed by atoms with Gasteiger partial charge in [0, 0.05) is 33.1 Å². The number of hydrogen-bond acceptors (Lipinski definition) is 5. The van der Waals surface area contributed by atoms with Crippen LogP contribution in [0.5, 0.6) is 0 Å². The average Bonchev–Trinajstić information content (AvgIpc) is 3.22. The van der Waals surface area contributed by atoms with E-state index in [2.05, 4.69) is 20.8 Å². The molecular formula is C13H19N5O2. The first-order chi connectivity index (χ1) is 9.56. The Morgan fingerprint density at radius 1 is 1.30 bits per heavy atom. The highest BCUT2D eigenvalue weighted by Gasteiger charge is 2.22. The van der Waals surface area contributed by atoms with Crippen molar-refractivity contribution >= 4 is 17.6 Å². The quantitative estimate of drug-likeness (QED) is 0.779. The summed E-state index contributed by atoms with van der Waals surface area (Å²) in [6.45, 7) is 0.494. The molecule has 0 atom stereocenters. The van der Waals surface area contributed by atoms with Crippen molar-refractivity contribution in [3.05, 3.63) is 17.8 Å². The molecule has 1 aliphatic carbocycles. The second kappa shape index (κ2) is 6.31. The molecule has 1 saturated carbocycles. The summed E-state index contributed by atoms with van der Waals surface area (Å²) in [5, 5.41) is 13.7. The van der Waals surface area contributed by atoms with Crippen LogP contribution in [-0.2, 0) is 4.79 Å². The van der Waals surface area contributed by atoms with Crippen molar-refractivity contribution in [2.24, 2.45) is 0 Å². The van der Waals surface area contributed by atoms with E-state index in [0.29, 0.717) is 30.5 Å². The van der Waals surface area contributed by atoms with E-state index in [9.17, 15) is 9.59 Å². The SMILES string of the molecule is CN(C)C(=O)c1ccc(NCCC(=O)NC2CC2)nn1. The number of nitrogens with one attached hydrogen (secondary N) is 2. The van der Waals surface area contributed by atoms with E-state index in [1.165, 1.54) is 4.90 Å². The first-order valence-electron chi connectivity index (χ1n) is 6.65. The molecule has 0 spiro atoms. The molecule has 0 aromatic carbocycles. The van der Waals surface area contributed by atoms with Gasteiger partial charge in [0.05, 0.1) is 0 Å². The highest BCUT2D eigenvalue weighted by atomic mass is 16.2. The standard InChI is InChI=1S/C13H19N5O2/c1-18(2)13(20)10-5-6-11(17-16-10)14-8-7-12(19)15-9-3-4-9/h5-6,9H,3-4,7-8H2,1-2H3,(H,14,17)(H,15,19). The molecule has 2 amide bonds. The lowest BCUT2D eigenvalue weighted by atomic mass is 10.3. The maximum Gasteiger partial charge on any atom is 0.273 e. The fourth-order valence-electron chi connectivity index (χ4n) is 1.60. The van der Waals surface area contributed by atoms with E-state index in [1.807, 2.05) is 0 Å². The number of nitrogens with zero attached hydrogens (tertiary/aromatic N) is 3. The minimum Gasteiger partial charge on any atom is -0.368 e. The molecule has 1 aliphatic rings.